The predicted molar refractivity (Wildman–Crippen MR) is 104 cm³/mol. The molecule has 1 N–H and O–H groups in total. The molecule has 0 aliphatic heterocycles. The fourth-order valence-corrected chi connectivity index (χ4v) is 3.66. The molecule has 0 saturated heterocycles. The molecule has 0 unspecified atom stereocenters. The van der Waals surface area contributed by atoms with Crippen LogP contribution in [0.5, 0.6) is 11.5 Å². The molecule has 2 heterocycles. The maximum Gasteiger partial charge on any atom is 0.226 e. The molecule has 2 aromatic heterocycles. The highest BCUT2D eigenvalue weighted by Crippen LogP contribution is 2.30. The fraction of sp³-hybridized carbons (Fsp3) is 0.100. The number of aromatic nitrogens is 2. The number of hydrogen-bond acceptors (Lipinski definition) is 6. The first kappa shape index (κ1) is 17.2. The molecule has 0 atom stereocenters. The topological polar surface area (TPSA) is 77.5 Å². The summed E-state index contributed by atoms with van der Waals surface area (Å²) in [5.74, 6) is 1.27. The van der Waals surface area contributed by atoms with E-state index >= 15 is 0 Å². The van der Waals surface area contributed by atoms with E-state index < -0.39 is 11.2 Å². The lowest BCUT2D eigenvalue weighted by Gasteiger charge is -2.09. The Kier molecular flexibility index (Phi) is 4.60. The Bertz CT molecular complexity index is 1150. The first-order valence-electron chi connectivity index (χ1n) is 8.21. The SMILES string of the molecule is COc1ccc(-n2c(SCc3cc(=O)c(O)co3)nc3ccccc32)cc1. The predicted octanol–water partition coefficient (Wildman–Crippen LogP) is 3.99. The number of thioether (sulfide) groups is 1. The van der Waals surface area contributed by atoms with Crippen molar-refractivity contribution in [3.05, 3.63) is 76.8 Å². The summed E-state index contributed by atoms with van der Waals surface area (Å²) in [7, 11) is 1.63. The normalized spacial score (nSPS) is 11.0. The van der Waals surface area contributed by atoms with Gasteiger partial charge in [-0.3, -0.25) is 9.36 Å². The summed E-state index contributed by atoms with van der Waals surface area (Å²) in [6.07, 6.45) is 1.06. The average Bonchev–Trinajstić information content (AvgIpc) is 3.07. The highest BCUT2D eigenvalue weighted by molar-refractivity contribution is 7.98. The fourth-order valence-electron chi connectivity index (χ4n) is 2.74. The Morgan fingerprint density at radius 1 is 1.19 bits per heavy atom. The lowest BCUT2D eigenvalue weighted by atomic mass is 10.2. The molecule has 136 valence electrons. The molecule has 4 aromatic rings. The summed E-state index contributed by atoms with van der Waals surface area (Å²) in [5, 5.41) is 10.1. The largest absolute Gasteiger partial charge is 0.502 e. The molecular formula is C20H16N2O4S. The van der Waals surface area contributed by atoms with Crippen molar-refractivity contribution in [2.75, 3.05) is 7.11 Å². The molecule has 7 heteroatoms. The van der Waals surface area contributed by atoms with Crippen molar-refractivity contribution in [1.29, 1.82) is 0 Å². The third-order valence-electron chi connectivity index (χ3n) is 4.07. The van der Waals surface area contributed by atoms with Crippen molar-refractivity contribution >= 4 is 22.8 Å². The third kappa shape index (κ3) is 3.41. The third-order valence-corrected chi connectivity index (χ3v) is 5.03. The van der Waals surface area contributed by atoms with Gasteiger partial charge in [-0.2, -0.15) is 0 Å². The van der Waals surface area contributed by atoms with Crippen LogP contribution in [0.3, 0.4) is 0 Å². The maximum atomic E-state index is 11.6. The molecule has 6 nitrogen and oxygen atoms in total. The molecule has 0 aliphatic rings. The van der Waals surface area contributed by atoms with E-state index in [4.69, 9.17) is 14.1 Å². The van der Waals surface area contributed by atoms with Gasteiger partial charge in [0.2, 0.25) is 5.43 Å². The van der Waals surface area contributed by atoms with E-state index in [1.165, 1.54) is 17.8 Å². The van der Waals surface area contributed by atoms with Gasteiger partial charge >= 0.3 is 0 Å². The Balaban J connectivity index is 1.73. The Morgan fingerprint density at radius 2 is 1.96 bits per heavy atom. The van der Waals surface area contributed by atoms with Crippen LogP contribution in [-0.4, -0.2) is 21.8 Å². The van der Waals surface area contributed by atoms with Crippen molar-refractivity contribution in [3.8, 4) is 17.2 Å². The molecule has 0 fully saturated rings. The number of para-hydroxylation sites is 2. The van der Waals surface area contributed by atoms with Crippen LogP contribution in [-0.2, 0) is 5.75 Å². The average molecular weight is 380 g/mol. The van der Waals surface area contributed by atoms with Gasteiger partial charge in [-0.05, 0) is 36.4 Å². The van der Waals surface area contributed by atoms with Crippen molar-refractivity contribution < 1.29 is 14.3 Å². The van der Waals surface area contributed by atoms with E-state index in [0.29, 0.717) is 11.5 Å². The molecule has 4 rings (SSSR count). The second-order valence-corrected chi connectivity index (χ2v) is 6.74. The Hall–Kier alpha value is -3.19. The highest BCUT2D eigenvalue weighted by atomic mass is 32.2. The molecule has 27 heavy (non-hydrogen) atoms. The minimum Gasteiger partial charge on any atom is -0.502 e. The summed E-state index contributed by atoms with van der Waals surface area (Å²) in [6.45, 7) is 0. The number of nitrogens with zero attached hydrogens (tertiary/aromatic N) is 2. The number of fused-ring (bicyclic) bond motifs is 1. The summed E-state index contributed by atoms with van der Waals surface area (Å²) in [5.41, 5.74) is 2.36. The van der Waals surface area contributed by atoms with Gasteiger partial charge in [0, 0.05) is 11.8 Å². The van der Waals surface area contributed by atoms with E-state index in [1.54, 1.807) is 7.11 Å². The van der Waals surface area contributed by atoms with Gasteiger partial charge in [0.05, 0.1) is 23.9 Å². The Labute approximate surface area is 159 Å². The molecule has 0 amide bonds. The second kappa shape index (κ2) is 7.20. The summed E-state index contributed by atoms with van der Waals surface area (Å²) >= 11 is 1.45. The summed E-state index contributed by atoms with van der Waals surface area (Å²) < 4.78 is 12.6. The van der Waals surface area contributed by atoms with E-state index in [0.717, 1.165) is 33.9 Å². The van der Waals surface area contributed by atoms with Crippen LogP contribution in [0.15, 0.2) is 75.2 Å². The van der Waals surface area contributed by atoms with Gasteiger partial charge in [0.1, 0.15) is 17.8 Å². The van der Waals surface area contributed by atoms with E-state index in [1.807, 2.05) is 48.5 Å². The van der Waals surface area contributed by atoms with Crippen LogP contribution in [0, 0.1) is 0 Å². The van der Waals surface area contributed by atoms with Gasteiger partial charge < -0.3 is 14.3 Å². The monoisotopic (exact) mass is 380 g/mol. The lowest BCUT2D eigenvalue weighted by Crippen LogP contribution is -2.00. The number of methoxy groups -OCH3 is 1. The van der Waals surface area contributed by atoms with E-state index in [9.17, 15) is 9.90 Å². The smallest absolute Gasteiger partial charge is 0.226 e. The van der Waals surface area contributed by atoms with Gasteiger partial charge in [-0.25, -0.2) is 4.98 Å². The molecule has 2 aromatic carbocycles. The van der Waals surface area contributed by atoms with Gasteiger partial charge in [0.15, 0.2) is 10.9 Å². The van der Waals surface area contributed by atoms with E-state index in [-0.39, 0.29) is 0 Å². The molecular weight excluding hydrogens is 364 g/mol. The molecule has 0 saturated carbocycles. The zero-order chi connectivity index (χ0) is 18.8. The molecule has 0 radical (unpaired) electrons. The standard InChI is InChI=1S/C20H16N2O4S/c1-25-14-8-6-13(7-9-14)22-17-5-3-2-4-16(17)21-20(22)27-12-15-10-18(23)19(24)11-26-15/h2-11,24H,12H2,1H3. The van der Waals surface area contributed by atoms with Crippen LogP contribution in [0.1, 0.15) is 5.76 Å². The lowest BCUT2D eigenvalue weighted by molar-refractivity contribution is 0.414. The van der Waals surface area contributed by atoms with Crippen molar-refractivity contribution in [1.82, 2.24) is 9.55 Å². The van der Waals surface area contributed by atoms with Crippen LogP contribution < -0.4 is 10.2 Å². The first-order chi connectivity index (χ1) is 13.2. The maximum absolute atomic E-state index is 11.6. The van der Waals surface area contributed by atoms with Gasteiger partial charge in [-0.1, -0.05) is 23.9 Å². The molecule has 0 spiro atoms. The second-order valence-electron chi connectivity index (χ2n) is 5.80. The van der Waals surface area contributed by atoms with E-state index in [2.05, 4.69) is 4.57 Å². The Morgan fingerprint density at radius 3 is 2.70 bits per heavy atom. The summed E-state index contributed by atoms with van der Waals surface area (Å²) in [6, 6.07) is 16.9. The van der Waals surface area contributed by atoms with Crippen molar-refractivity contribution in [2.24, 2.45) is 0 Å². The zero-order valence-corrected chi connectivity index (χ0v) is 15.3. The van der Waals surface area contributed by atoms with Crippen molar-refractivity contribution in [2.45, 2.75) is 10.9 Å². The quantitative estimate of drug-likeness (QED) is 0.528. The number of imidazole rings is 1. The molecule has 0 aliphatic carbocycles. The number of aromatic hydroxyl groups is 1. The number of benzene rings is 2. The minimum absolute atomic E-state index is 0.394. The zero-order valence-electron chi connectivity index (χ0n) is 14.5. The van der Waals surface area contributed by atoms with Crippen LogP contribution in [0.2, 0.25) is 0 Å². The van der Waals surface area contributed by atoms with Gasteiger partial charge in [-0.15, -0.1) is 0 Å². The van der Waals surface area contributed by atoms with Crippen LogP contribution in [0.4, 0.5) is 0 Å². The van der Waals surface area contributed by atoms with Gasteiger partial charge in [0.25, 0.3) is 0 Å². The summed E-state index contributed by atoms with van der Waals surface area (Å²) in [4.78, 5) is 16.3. The van der Waals surface area contributed by atoms with Crippen LogP contribution in [0.25, 0.3) is 16.7 Å². The van der Waals surface area contributed by atoms with Crippen molar-refractivity contribution in [3.63, 3.8) is 0 Å². The number of hydrogen-bond donors (Lipinski definition) is 1. The number of rotatable bonds is 5. The highest BCUT2D eigenvalue weighted by Gasteiger charge is 2.14. The van der Waals surface area contributed by atoms with Crippen LogP contribution >= 0.6 is 11.8 Å². The number of ether oxygens (including phenoxy) is 1. The minimum atomic E-state index is -0.458. The molecule has 0 bridgehead atoms. The first-order valence-corrected chi connectivity index (χ1v) is 9.19.